The highest BCUT2D eigenvalue weighted by atomic mass is 32.2. The molecule has 156 valence electrons. The van der Waals surface area contributed by atoms with E-state index >= 15 is 0 Å². The Kier molecular flexibility index (Phi) is 5.77. The normalized spacial score (nSPS) is 16.5. The number of amides is 1. The smallest absolute Gasteiger partial charge is 0.335 e. The van der Waals surface area contributed by atoms with Crippen LogP contribution in [0, 0.1) is 0 Å². The van der Waals surface area contributed by atoms with Gasteiger partial charge in [-0.3, -0.25) is 9.69 Å². The number of likely N-dealkylation sites (N-methyl/N-ethyl adjacent to an activating group) is 1. The van der Waals surface area contributed by atoms with E-state index in [4.69, 9.17) is 9.84 Å². The second-order valence-corrected chi connectivity index (χ2v) is 7.86. The van der Waals surface area contributed by atoms with E-state index in [1.165, 1.54) is 28.8 Å². The van der Waals surface area contributed by atoms with Crippen LogP contribution in [0.3, 0.4) is 0 Å². The molecule has 6 nitrogen and oxygen atoms in total. The SMILES string of the molecule is CCOc1ccc2ccccc2c1C=C1SC(=Nc2ccc(C(=O)O)cc2)N(C)C1=O. The molecule has 0 bridgehead atoms. The predicted octanol–water partition coefficient (Wildman–Crippen LogP) is 5.17. The monoisotopic (exact) mass is 432 g/mol. The van der Waals surface area contributed by atoms with Crippen LogP contribution in [-0.2, 0) is 4.79 Å². The summed E-state index contributed by atoms with van der Waals surface area (Å²) in [7, 11) is 1.67. The number of ether oxygens (including phenoxy) is 1. The van der Waals surface area contributed by atoms with Crippen LogP contribution in [0.1, 0.15) is 22.8 Å². The fourth-order valence-electron chi connectivity index (χ4n) is 3.28. The van der Waals surface area contributed by atoms with Crippen molar-refractivity contribution in [1.82, 2.24) is 4.90 Å². The molecule has 1 fully saturated rings. The molecule has 7 heteroatoms. The van der Waals surface area contributed by atoms with Crippen molar-refractivity contribution in [3.63, 3.8) is 0 Å². The third-order valence-electron chi connectivity index (χ3n) is 4.85. The lowest BCUT2D eigenvalue weighted by Crippen LogP contribution is -2.23. The van der Waals surface area contributed by atoms with Gasteiger partial charge in [-0.25, -0.2) is 9.79 Å². The number of carbonyl (C=O) groups excluding carboxylic acids is 1. The Morgan fingerprint density at radius 1 is 1.13 bits per heavy atom. The number of aliphatic imine (C=N–C) groups is 1. The van der Waals surface area contributed by atoms with Crippen molar-refractivity contribution in [1.29, 1.82) is 0 Å². The topological polar surface area (TPSA) is 79.2 Å². The molecule has 1 heterocycles. The molecular formula is C24H20N2O4S. The van der Waals surface area contributed by atoms with Crippen LogP contribution in [0.5, 0.6) is 5.75 Å². The zero-order valence-corrected chi connectivity index (χ0v) is 17.8. The quantitative estimate of drug-likeness (QED) is 0.563. The Hall–Kier alpha value is -3.58. The third-order valence-corrected chi connectivity index (χ3v) is 5.91. The largest absolute Gasteiger partial charge is 0.493 e. The summed E-state index contributed by atoms with van der Waals surface area (Å²) in [6.07, 6.45) is 1.85. The van der Waals surface area contributed by atoms with E-state index in [9.17, 15) is 9.59 Å². The highest BCUT2D eigenvalue weighted by molar-refractivity contribution is 8.18. The van der Waals surface area contributed by atoms with Crippen molar-refractivity contribution < 1.29 is 19.4 Å². The number of carbonyl (C=O) groups is 2. The number of fused-ring (bicyclic) bond motifs is 1. The van der Waals surface area contributed by atoms with Gasteiger partial charge in [0, 0.05) is 12.6 Å². The van der Waals surface area contributed by atoms with Gasteiger partial charge in [0.25, 0.3) is 5.91 Å². The van der Waals surface area contributed by atoms with Crippen LogP contribution in [-0.4, -0.2) is 40.7 Å². The zero-order valence-electron chi connectivity index (χ0n) is 17.0. The molecule has 1 N–H and O–H groups in total. The first-order valence-electron chi connectivity index (χ1n) is 9.72. The second-order valence-electron chi connectivity index (χ2n) is 6.85. The summed E-state index contributed by atoms with van der Waals surface area (Å²) >= 11 is 1.28. The summed E-state index contributed by atoms with van der Waals surface area (Å²) in [4.78, 5) is 30.5. The Balaban J connectivity index is 1.72. The molecule has 1 saturated heterocycles. The molecule has 4 rings (SSSR count). The van der Waals surface area contributed by atoms with Crippen molar-refractivity contribution in [2.75, 3.05) is 13.7 Å². The lowest BCUT2D eigenvalue weighted by Gasteiger charge is -2.11. The number of hydrogen-bond donors (Lipinski definition) is 1. The van der Waals surface area contributed by atoms with Crippen molar-refractivity contribution in [2.45, 2.75) is 6.92 Å². The van der Waals surface area contributed by atoms with Gasteiger partial charge in [0.2, 0.25) is 0 Å². The van der Waals surface area contributed by atoms with Gasteiger partial charge in [-0.15, -0.1) is 0 Å². The maximum absolute atomic E-state index is 12.9. The Bertz CT molecular complexity index is 1230. The molecule has 1 amide bonds. The lowest BCUT2D eigenvalue weighted by molar-refractivity contribution is -0.121. The maximum Gasteiger partial charge on any atom is 0.335 e. The van der Waals surface area contributed by atoms with E-state index in [0.29, 0.717) is 22.4 Å². The number of carboxylic acids is 1. The Labute approximate surface area is 183 Å². The first kappa shape index (κ1) is 20.7. The molecule has 0 saturated carbocycles. The van der Waals surface area contributed by atoms with Gasteiger partial charge in [-0.1, -0.05) is 30.3 Å². The number of amidine groups is 1. The molecule has 1 aliphatic heterocycles. The highest BCUT2D eigenvalue weighted by Crippen LogP contribution is 2.37. The third kappa shape index (κ3) is 4.18. The van der Waals surface area contributed by atoms with E-state index in [0.717, 1.165) is 22.1 Å². The van der Waals surface area contributed by atoms with Crippen molar-refractivity contribution in [3.05, 3.63) is 76.7 Å². The molecule has 0 unspecified atom stereocenters. The van der Waals surface area contributed by atoms with Gasteiger partial charge in [-0.2, -0.15) is 0 Å². The molecule has 3 aromatic rings. The predicted molar refractivity (Wildman–Crippen MR) is 124 cm³/mol. The van der Waals surface area contributed by atoms with E-state index in [1.807, 2.05) is 49.4 Å². The minimum absolute atomic E-state index is 0.152. The average Bonchev–Trinajstić information content (AvgIpc) is 3.03. The zero-order chi connectivity index (χ0) is 22.0. The first-order valence-corrected chi connectivity index (χ1v) is 10.5. The van der Waals surface area contributed by atoms with E-state index in [2.05, 4.69) is 4.99 Å². The number of thioether (sulfide) groups is 1. The fourth-order valence-corrected chi connectivity index (χ4v) is 4.25. The van der Waals surface area contributed by atoms with Crippen LogP contribution < -0.4 is 4.74 Å². The van der Waals surface area contributed by atoms with Gasteiger partial charge < -0.3 is 9.84 Å². The number of benzene rings is 3. The highest BCUT2D eigenvalue weighted by Gasteiger charge is 2.31. The van der Waals surface area contributed by atoms with Crippen molar-refractivity contribution in [3.8, 4) is 5.75 Å². The van der Waals surface area contributed by atoms with Gasteiger partial charge in [0.15, 0.2) is 5.17 Å². The Morgan fingerprint density at radius 2 is 1.87 bits per heavy atom. The number of nitrogens with zero attached hydrogens (tertiary/aromatic N) is 2. The summed E-state index contributed by atoms with van der Waals surface area (Å²) in [5.41, 5.74) is 1.62. The first-order chi connectivity index (χ1) is 15.0. The standard InChI is InChI=1S/C24H20N2O4S/c1-3-30-20-13-10-15-6-4-5-7-18(15)19(20)14-21-22(27)26(2)24(31-21)25-17-11-8-16(9-12-17)23(28)29/h4-14H,3H2,1-2H3,(H,28,29). The summed E-state index contributed by atoms with van der Waals surface area (Å²) < 4.78 is 5.81. The van der Waals surface area contributed by atoms with Crippen molar-refractivity contribution in [2.24, 2.45) is 4.99 Å². The van der Waals surface area contributed by atoms with Crippen LogP contribution in [0.4, 0.5) is 5.69 Å². The van der Waals surface area contributed by atoms with E-state index < -0.39 is 5.97 Å². The van der Waals surface area contributed by atoms with Crippen molar-refractivity contribution >= 4 is 51.3 Å². The molecule has 0 atom stereocenters. The van der Waals surface area contributed by atoms with Gasteiger partial charge in [0.05, 0.1) is 22.8 Å². The minimum Gasteiger partial charge on any atom is -0.493 e. The molecular weight excluding hydrogens is 412 g/mol. The van der Waals surface area contributed by atoms with Crippen LogP contribution in [0.2, 0.25) is 0 Å². The minimum atomic E-state index is -0.993. The summed E-state index contributed by atoms with van der Waals surface area (Å²) in [5, 5.41) is 11.6. The Morgan fingerprint density at radius 3 is 2.58 bits per heavy atom. The molecule has 0 radical (unpaired) electrons. The summed E-state index contributed by atoms with van der Waals surface area (Å²) in [6.45, 7) is 2.45. The average molecular weight is 433 g/mol. The van der Waals surface area contributed by atoms with Crippen LogP contribution >= 0.6 is 11.8 Å². The number of carboxylic acid groups (broad SMARTS) is 1. The molecule has 3 aromatic carbocycles. The number of aromatic carboxylic acids is 1. The van der Waals surface area contributed by atoms with Crippen LogP contribution in [0.15, 0.2) is 70.6 Å². The van der Waals surface area contributed by atoms with Gasteiger partial charge in [-0.05, 0) is 65.9 Å². The van der Waals surface area contributed by atoms with E-state index in [-0.39, 0.29) is 11.5 Å². The molecule has 0 spiro atoms. The van der Waals surface area contributed by atoms with Crippen LogP contribution in [0.25, 0.3) is 16.8 Å². The number of hydrogen-bond acceptors (Lipinski definition) is 5. The molecule has 31 heavy (non-hydrogen) atoms. The molecule has 0 aromatic heterocycles. The second kappa shape index (κ2) is 8.65. The lowest BCUT2D eigenvalue weighted by atomic mass is 10.0. The molecule has 1 aliphatic rings. The van der Waals surface area contributed by atoms with E-state index in [1.54, 1.807) is 19.2 Å². The van der Waals surface area contributed by atoms with Gasteiger partial charge >= 0.3 is 5.97 Å². The molecule has 0 aliphatic carbocycles. The summed E-state index contributed by atoms with van der Waals surface area (Å²) in [5.74, 6) is -0.423. The number of rotatable bonds is 5. The fraction of sp³-hybridized carbons (Fsp3) is 0.125. The summed E-state index contributed by atoms with van der Waals surface area (Å²) in [6, 6.07) is 18.1. The maximum atomic E-state index is 12.9. The van der Waals surface area contributed by atoms with Gasteiger partial charge in [0.1, 0.15) is 5.75 Å².